The van der Waals surface area contributed by atoms with E-state index >= 15 is 0 Å². The third-order valence-electron chi connectivity index (χ3n) is 3.04. The Morgan fingerprint density at radius 3 is 2.69 bits per heavy atom. The van der Waals surface area contributed by atoms with E-state index in [1.165, 1.54) is 0 Å². The molecule has 0 fully saturated rings. The maximum Gasteiger partial charge on any atom is 0.212 e. The average Bonchev–Trinajstić information content (AvgIpc) is 2.35. The van der Waals surface area contributed by atoms with Crippen LogP contribution in [0.25, 0.3) is 0 Å². The van der Waals surface area contributed by atoms with Crippen molar-refractivity contribution in [2.75, 3.05) is 7.11 Å². The average molecular weight is 218 g/mol. The molecule has 86 valence electrons. The molecule has 1 rings (SSSR count). The van der Waals surface area contributed by atoms with Gasteiger partial charge in [-0.3, -0.25) is 0 Å². The summed E-state index contributed by atoms with van der Waals surface area (Å²) in [5.41, 5.74) is 1.12. The smallest absolute Gasteiger partial charge is 0.212 e. The van der Waals surface area contributed by atoms with Crippen molar-refractivity contribution in [2.45, 2.75) is 32.6 Å². The second-order valence-electron chi connectivity index (χ2n) is 3.99. The molecule has 0 spiro atoms. The van der Waals surface area contributed by atoms with Gasteiger partial charge in [-0.25, -0.2) is 4.98 Å². The zero-order valence-electron chi connectivity index (χ0n) is 10.1. The van der Waals surface area contributed by atoms with E-state index in [2.05, 4.69) is 24.9 Å². The number of aromatic nitrogens is 1. The maximum atomic E-state index is 8.85. The van der Waals surface area contributed by atoms with E-state index in [9.17, 15) is 0 Å². The second kappa shape index (κ2) is 6.12. The summed E-state index contributed by atoms with van der Waals surface area (Å²) in [6.07, 6.45) is 3.42. The third kappa shape index (κ3) is 2.96. The lowest BCUT2D eigenvalue weighted by Gasteiger charge is -2.20. The van der Waals surface area contributed by atoms with Gasteiger partial charge in [-0.05, 0) is 11.5 Å². The van der Waals surface area contributed by atoms with E-state index in [-0.39, 0.29) is 5.92 Å². The highest BCUT2D eigenvalue weighted by Gasteiger charge is 2.18. The molecular weight excluding hydrogens is 200 g/mol. The van der Waals surface area contributed by atoms with E-state index in [1.54, 1.807) is 7.11 Å². The van der Waals surface area contributed by atoms with Gasteiger partial charge in [0.15, 0.2) is 0 Å². The number of nitrogens with zero attached hydrogens (tertiary/aromatic N) is 2. The van der Waals surface area contributed by atoms with Gasteiger partial charge in [0.25, 0.3) is 0 Å². The minimum atomic E-state index is 0.272. The first-order valence-corrected chi connectivity index (χ1v) is 5.59. The lowest BCUT2D eigenvalue weighted by Crippen LogP contribution is -2.09. The van der Waals surface area contributed by atoms with Crippen LogP contribution in [0.15, 0.2) is 18.3 Å². The molecule has 1 aromatic rings. The molecular formula is C13H18N2O. The van der Waals surface area contributed by atoms with Crippen LogP contribution in [-0.2, 0) is 0 Å². The summed E-state index contributed by atoms with van der Waals surface area (Å²) >= 11 is 0. The van der Waals surface area contributed by atoms with Gasteiger partial charge < -0.3 is 4.74 Å². The van der Waals surface area contributed by atoms with Crippen molar-refractivity contribution in [3.63, 3.8) is 0 Å². The van der Waals surface area contributed by atoms with Gasteiger partial charge in [0.2, 0.25) is 5.88 Å². The molecule has 0 radical (unpaired) electrons. The van der Waals surface area contributed by atoms with E-state index in [4.69, 9.17) is 10.00 Å². The molecule has 0 aliphatic rings. The van der Waals surface area contributed by atoms with Crippen LogP contribution in [0.2, 0.25) is 0 Å². The lowest BCUT2D eigenvalue weighted by atomic mass is 9.84. The van der Waals surface area contributed by atoms with Crippen molar-refractivity contribution in [3.8, 4) is 11.9 Å². The predicted molar refractivity (Wildman–Crippen MR) is 63.2 cm³/mol. The quantitative estimate of drug-likeness (QED) is 0.762. The molecule has 3 heteroatoms. The Kier molecular flexibility index (Phi) is 4.78. The van der Waals surface area contributed by atoms with Crippen molar-refractivity contribution >= 4 is 0 Å². The van der Waals surface area contributed by atoms with Crippen LogP contribution in [0.3, 0.4) is 0 Å². The molecule has 2 atom stereocenters. The summed E-state index contributed by atoms with van der Waals surface area (Å²) in [5.74, 6) is 1.38. The maximum absolute atomic E-state index is 8.85. The van der Waals surface area contributed by atoms with Crippen LogP contribution >= 0.6 is 0 Å². The Morgan fingerprint density at radius 1 is 1.50 bits per heavy atom. The van der Waals surface area contributed by atoms with Gasteiger partial charge in [0.1, 0.15) is 0 Å². The molecule has 1 aromatic heterocycles. The summed E-state index contributed by atoms with van der Waals surface area (Å²) in [6, 6.07) is 6.10. The van der Waals surface area contributed by atoms with Crippen LogP contribution in [0, 0.1) is 17.2 Å². The normalized spacial score (nSPS) is 13.9. The Hall–Kier alpha value is -1.56. The highest BCUT2D eigenvalue weighted by Crippen LogP contribution is 2.29. The van der Waals surface area contributed by atoms with Crippen LogP contribution in [0.1, 0.15) is 38.2 Å². The fourth-order valence-corrected chi connectivity index (χ4v) is 1.76. The minimum Gasteiger partial charge on any atom is -0.481 e. The number of nitriles is 1. The Bertz CT molecular complexity index is 353. The number of hydrogen-bond acceptors (Lipinski definition) is 3. The zero-order valence-corrected chi connectivity index (χ0v) is 10.1. The molecule has 0 bridgehead atoms. The minimum absolute atomic E-state index is 0.272. The molecule has 0 N–H and O–H groups in total. The van der Waals surface area contributed by atoms with Gasteiger partial charge in [0, 0.05) is 24.6 Å². The van der Waals surface area contributed by atoms with Crippen LogP contribution in [0.4, 0.5) is 0 Å². The fraction of sp³-hybridized carbons (Fsp3) is 0.538. The molecule has 0 aliphatic heterocycles. The van der Waals surface area contributed by atoms with E-state index < -0.39 is 0 Å². The van der Waals surface area contributed by atoms with Gasteiger partial charge in [-0.1, -0.05) is 26.3 Å². The molecule has 16 heavy (non-hydrogen) atoms. The van der Waals surface area contributed by atoms with Crippen LogP contribution in [0.5, 0.6) is 5.88 Å². The molecule has 0 amide bonds. The van der Waals surface area contributed by atoms with Crippen molar-refractivity contribution in [1.82, 2.24) is 4.98 Å². The lowest BCUT2D eigenvalue weighted by molar-refractivity contribution is 0.395. The molecule has 0 aliphatic carbocycles. The summed E-state index contributed by atoms with van der Waals surface area (Å²) in [4.78, 5) is 4.19. The van der Waals surface area contributed by atoms with E-state index in [0.29, 0.717) is 18.2 Å². The van der Waals surface area contributed by atoms with Gasteiger partial charge in [-0.2, -0.15) is 5.26 Å². The predicted octanol–water partition coefficient (Wildman–Crippen LogP) is 3.13. The second-order valence-corrected chi connectivity index (χ2v) is 3.99. The van der Waals surface area contributed by atoms with Crippen LogP contribution < -0.4 is 4.74 Å². The number of ether oxygens (including phenoxy) is 1. The van der Waals surface area contributed by atoms with Gasteiger partial charge in [0.05, 0.1) is 13.2 Å². The Labute approximate surface area is 97.1 Å². The summed E-state index contributed by atoms with van der Waals surface area (Å²) in [7, 11) is 1.60. The van der Waals surface area contributed by atoms with E-state index in [1.807, 2.05) is 18.3 Å². The molecule has 0 saturated heterocycles. The molecule has 0 saturated carbocycles. The molecule has 0 aromatic carbocycles. The number of hydrogen-bond donors (Lipinski definition) is 0. The zero-order chi connectivity index (χ0) is 12.0. The molecule has 3 nitrogen and oxygen atoms in total. The fourth-order valence-electron chi connectivity index (χ4n) is 1.76. The topological polar surface area (TPSA) is 45.9 Å². The molecule has 1 heterocycles. The highest BCUT2D eigenvalue weighted by atomic mass is 16.5. The Morgan fingerprint density at radius 2 is 2.25 bits per heavy atom. The van der Waals surface area contributed by atoms with Gasteiger partial charge in [-0.15, -0.1) is 0 Å². The number of methoxy groups -OCH3 is 1. The summed E-state index contributed by atoms with van der Waals surface area (Å²) in [5, 5.41) is 8.85. The standard InChI is InChI=1S/C13H18N2O/c1-4-10(2)12(7-8-14)11-5-6-13(16-3)15-9-11/h5-6,9-10,12H,4,7H2,1-3H3. The summed E-state index contributed by atoms with van der Waals surface area (Å²) < 4.78 is 5.02. The van der Waals surface area contributed by atoms with Crippen molar-refractivity contribution < 1.29 is 4.74 Å². The first kappa shape index (κ1) is 12.5. The number of rotatable bonds is 5. The SMILES string of the molecule is CCC(C)C(CC#N)c1ccc(OC)nc1. The van der Waals surface area contributed by atoms with Crippen molar-refractivity contribution in [3.05, 3.63) is 23.9 Å². The first-order chi connectivity index (χ1) is 7.72. The highest BCUT2D eigenvalue weighted by molar-refractivity contribution is 5.22. The van der Waals surface area contributed by atoms with Crippen molar-refractivity contribution in [1.29, 1.82) is 5.26 Å². The van der Waals surface area contributed by atoms with Gasteiger partial charge >= 0.3 is 0 Å². The summed E-state index contributed by atoms with van der Waals surface area (Å²) in [6.45, 7) is 4.32. The number of pyridine rings is 1. The largest absolute Gasteiger partial charge is 0.481 e. The Balaban J connectivity index is 2.88. The van der Waals surface area contributed by atoms with Crippen molar-refractivity contribution in [2.24, 2.45) is 5.92 Å². The van der Waals surface area contributed by atoms with Crippen LogP contribution in [-0.4, -0.2) is 12.1 Å². The monoisotopic (exact) mass is 218 g/mol. The first-order valence-electron chi connectivity index (χ1n) is 5.59. The van der Waals surface area contributed by atoms with E-state index in [0.717, 1.165) is 12.0 Å². The third-order valence-corrected chi connectivity index (χ3v) is 3.04. The molecule has 2 unspecified atom stereocenters.